The van der Waals surface area contributed by atoms with Crippen molar-refractivity contribution < 1.29 is 17.9 Å². The Bertz CT molecular complexity index is 997. The summed E-state index contributed by atoms with van der Waals surface area (Å²) in [5, 5.41) is 15.0. The molecule has 2 aliphatic heterocycles. The third-order valence-electron chi connectivity index (χ3n) is 5.57. The molecule has 4 rings (SSSR count). The van der Waals surface area contributed by atoms with Crippen molar-refractivity contribution in [2.24, 2.45) is 0 Å². The number of carbonyl (C=O) groups is 1. The third kappa shape index (κ3) is 5.85. The van der Waals surface area contributed by atoms with Crippen LogP contribution < -0.4 is 5.32 Å². The predicted octanol–water partition coefficient (Wildman–Crippen LogP) is 2.15. The minimum Gasteiger partial charge on any atom is -0.376 e. The molecule has 0 unspecified atom stereocenters. The van der Waals surface area contributed by atoms with Gasteiger partial charge in [-0.1, -0.05) is 24.6 Å². The molecule has 0 radical (unpaired) electrons. The molecule has 2 saturated heterocycles. The summed E-state index contributed by atoms with van der Waals surface area (Å²) < 4.78 is 34.6. The van der Waals surface area contributed by atoms with Gasteiger partial charge in [0.25, 0.3) is 0 Å². The Morgan fingerprint density at radius 3 is 2.56 bits per heavy atom. The fourth-order valence-electron chi connectivity index (χ4n) is 3.86. The lowest BCUT2D eigenvalue weighted by molar-refractivity contribution is -0.113. The van der Waals surface area contributed by atoms with Gasteiger partial charge in [-0.25, -0.2) is 13.1 Å². The average molecular weight is 481 g/mol. The first-order valence-electron chi connectivity index (χ1n) is 10.9. The molecule has 0 spiro atoms. The molecule has 1 aromatic heterocycles. The Labute approximate surface area is 192 Å². The van der Waals surface area contributed by atoms with Gasteiger partial charge in [-0.2, -0.15) is 4.31 Å². The Morgan fingerprint density at radius 1 is 1.12 bits per heavy atom. The summed E-state index contributed by atoms with van der Waals surface area (Å²) in [5.74, 6) is -0.0792. The summed E-state index contributed by atoms with van der Waals surface area (Å²) in [6.07, 6.45) is 6.04. The molecule has 3 heterocycles. The number of hydrogen-bond acceptors (Lipinski definition) is 8. The van der Waals surface area contributed by atoms with E-state index in [1.807, 2.05) is 0 Å². The highest BCUT2D eigenvalue weighted by Gasteiger charge is 2.25. The maximum absolute atomic E-state index is 12.9. The zero-order chi connectivity index (χ0) is 22.4. The van der Waals surface area contributed by atoms with Gasteiger partial charge in [0, 0.05) is 25.4 Å². The van der Waals surface area contributed by atoms with E-state index in [4.69, 9.17) is 4.74 Å². The quantitative estimate of drug-likeness (QED) is 0.571. The van der Waals surface area contributed by atoms with Crippen LogP contribution in [-0.2, 0) is 26.1 Å². The number of amides is 1. The molecule has 0 saturated carbocycles. The zero-order valence-electron chi connectivity index (χ0n) is 17.9. The van der Waals surface area contributed by atoms with E-state index in [0.717, 1.165) is 45.1 Å². The summed E-state index contributed by atoms with van der Waals surface area (Å²) in [7, 11) is -3.50. The lowest BCUT2D eigenvalue weighted by Crippen LogP contribution is -2.31. The fourth-order valence-corrected chi connectivity index (χ4v) is 6.07. The van der Waals surface area contributed by atoms with E-state index in [1.165, 1.54) is 11.8 Å². The molecule has 1 amide bonds. The van der Waals surface area contributed by atoms with E-state index >= 15 is 0 Å². The number of ether oxygens (including phenoxy) is 1. The van der Waals surface area contributed by atoms with Crippen LogP contribution in [0.25, 0.3) is 0 Å². The van der Waals surface area contributed by atoms with Crippen LogP contribution in [0, 0.1) is 0 Å². The van der Waals surface area contributed by atoms with Crippen molar-refractivity contribution in [3.8, 4) is 0 Å². The molecule has 0 aliphatic carbocycles. The van der Waals surface area contributed by atoms with Gasteiger partial charge in [-0.15, -0.1) is 5.10 Å². The smallest absolute Gasteiger partial charge is 0.243 e. The number of thioether (sulfide) groups is 1. The molecule has 12 heteroatoms. The number of nitrogens with one attached hydrogen (secondary N) is 1. The first-order valence-corrected chi connectivity index (χ1v) is 13.4. The number of sulfonamides is 1. The maximum Gasteiger partial charge on any atom is 0.243 e. The summed E-state index contributed by atoms with van der Waals surface area (Å²) in [4.78, 5) is 12.6. The molecular weight excluding hydrogens is 452 g/mol. The number of benzene rings is 1. The molecule has 0 bridgehead atoms. The lowest BCUT2D eigenvalue weighted by Gasteiger charge is -2.20. The minimum absolute atomic E-state index is 0.107. The topological polar surface area (TPSA) is 119 Å². The van der Waals surface area contributed by atoms with Crippen LogP contribution in [0.5, 0.6) is 0 Å². The van der Waals surface area contributed by atoms with Gasteiger partial charge in [0.2, 0.25) is 21.1 Å². The van der Waals surface area contributed by atoms with E-state index in [9.17, 15) is 13.2 Å². The van der Waals surface area contributed by atoms with Crippen molar-refractivity contribution in [1.82, 2.24) is 24.5 Å². The summed E-state index contributed by atoms with van der Waals surface area (Å²) >= 11 is 1.25. The van der Waals surface area contributed by atoms with E-state index < -0.39 is 10.0 Å². The van der Waals surface area contributed by atoms with Gasteiger partial charge in [-0.05, 0) is 60.4 Å². The normalized spacial score (nSPS) is 20.2. The monoisotopic (exact) mass is 480 g/mol. The third-order valence-corrected chi connectivity index (χ3v) is 8.44. The van der Waals surface area contributed by atoms with Gasteiger partial charge < -0.3 is 10.1 Å². The van der Waals surface area contributed by atoms with Gasteiger partial charge in [-0.3, -0.25) is 4.79 Å². The number of aromatic nitrogens is 4. The molecule has 1 atom stereocenters. The van der Waals surface area contributed by atoms with E-state index in [0.29, 0.717) is 30.5 Å². The van der Waals surface area contributed by atoms with E-state index in [2.05, 4.69) is 20.8 Å². The van der Waals surface area contributed by atoms with Crippen molar-refractivity contribution in [1.29, 1.82) is 0 Å². The highest BCUT2D eigenvalue weighted by atomic mass is 32.2. The van der Waals surface area contributed by atoms with Crippen molar-refractivity contribution in [2.45, 2.75) is 61.2 Å². The number of nitrogens with zero attached hydrogens (tertiary/aromatic N) is 5. The second kappa shape index (κ2) is 10.7. The van der Waals surface area contributed by atoms with Gasteiger partial charge >= 0.3 is 0 Å². The highest BCUT2D eigenvalue weighted by molar-refractivity contribution is 7.99. The fraction of sp³-hybridized carbons (Fsp3) is 0.600. The Balaban J connectivity index is 1.30. The van der Waals surface area contributed by atoms with E-state index in [-0.39, 0.29) is 22.7 Å². The Hall–Kier alpha value is -2.02. The number of anilines is 1. The number of rotatable bonds is 8. The van der Waals surface area contributed by atoms with Crippen LogP contribution in [0.15, 0.2) is 34.3 Å². The summed E-state index contributed by atoms with van der Waals surface area (Å²) in [6.45, 7) is 2.45. The van der Waals surface area contributed by atoms with Crippen LogP contribution in [0.1, 0.15) is 38.5 Å². The lowest BCUT2D eigenvalue weighted by atomic mass is 10.2. The molecule has 2 aliphatic rings. The molecule has 10 nitrogen and oxygen atoms in total. The SMILES string of the molecule is O=C(CSc1nnnn1C[C@H]1CCCO1)Nc1ccc(S(=O)(=O)N2CCCCCC2)cc1. The van der Waals surface area contributed by atoms with Crippen molar-refractivity contribution in [3.05, 3.63) is 24.3 Å². The largest absolute Gasteiger partial charge is 0.376 e. The number of carbonyl (C=O) groups excluding carboxylic acids is 1. The van der Waals surface area contributed by atoms with Crippen LogP contribution in [0.2, 0.25) is 0 Å². The van der Waals surface area contributed by atoms with E-state index in [1.54, 1.807) is 33.3 Å². The predicted molar refractivity (Wildman–Crippen MR) is 120 cm³/mol. The maximum atomic E-state index is 12.9. The second-order valence-electron chi connectivity index (χ2n) is 7.96. The Morgan fingerprint density at radius 2 is 1.88 bits per heavy atom. The van der Waals surface area contributed by atoms with Crippen molar-refractivity contribution in [2.75, 3.05) is 30.8 Å². The van der Waals surface area contributed by atoms with Crippen LogP contribution in [-0.4, -0.2) is 70.4 Å². The molecular formula is C20H28N6O4S2. The first kappa shape index (κ1) is 23.1. The second-order valence-corrected chi connectivity index (χ2v) is 10.8. The molecule has 1 N–H and O–H groups in total. The van der Waals surface area contributed by atoms with Gasteiger partial charge in [0.05, 0.1) is 23.3 Å². The van der Waals surface area contributed by atoms with Crippen LogP contribution in [0.3, 0.4) is 0 Å². The zero-order valence-corrected chi connectivity index (χ0v) is 19.5. The van der Waals surface area contributed by atoms with Crippen LogP contribution in [0.4, 0.5) is 5.69 Å². The Kier molecular flexibility index (Phi) is 7.76. The molecule has 2 fully saturated rings. The summed E-state index contributed by atoms with van der Waals surface area (Å²) in [6, 6.07) is 6.33. The van der Waals surface area contributed by atoms with Crippen molar-refractivity contribution >= 4 is 33.4 Å². The van der Waals surface area contributed by atoms with Gasteiger partial charge in [0.1, 0.15) is 0 Å². The first-order chi connectivity index (χ1) is 15.5. The molecule has 174 valence electrons. The minimum atomic E-state index is -3.50. The molecule has 32 heavy (non-hydrogen) atoms. The molecule has 1 aromatic carbocycles. The van der Waals surface area contributed by atoms with Crippen LogP contribution >= 0.6 is 11.8 Å². The highest BCUT2D eigenvalue weighted by Crippen LogP contribution is 2.22. The van der Waals surface area contributed by atoms with Gasteiger partial charge in [0.15, 0.2) is 0 Å². The molecule has 2 aromatic rings. The van der Waals surface area contributed by atoms with Crippen molar-refractivity contribution in [3.63, 3.8) is 0 Å². The summed E-state index contributed by atoms with van der Waals surface area (Å²) in [5.41, 5.74) is 0.546. The number of hydrogen-bond donors (Lipinski definition) is 1. The number of tetrazole rings is 1. The standard InChI is InChI=1S/C20H28N6O4S2/c27-19(15-31-20-22-23-24-26(20)14-17-6-5-13-30-17)21-16-7-9-18(10-8-16)32(28,29)25-11-3-1-2-4-12-25/h7-10,17H,1-6,11-15H2,(H,21,27)/t17-/m1/s1. The average Bonchev–Trinajstić information content (AvgIpc) is 3.38.